The van der Waals surface area contributed by atoms with Crippen LogP contribution in [0.5, 0.6) is 11.5 Å². The predicted octanol–water partition coefficient (Wildman–Crippen LogP) is 4.99. The summed E-state index contributed by atoms with van der Waals surface area (Å²) < 4.78 is 5.73. The summed E-state index contributed by atoms with van der Waals surface area (Å²) in [4.78, 5) is 16.2. The molecule has 5 heteroatoms. The fourth-order valence-corrected chi connectivity index (χ4v) is 2.94. The number of benzene rings is 2. The Morgan fingerprint density at radius 1 is 0.920 bits per heavy atom. The van der Waals surface area contributed by atoms with Crippen LogP contribution in [-0.4, -0.2) is 16.6 Å². The standard InChI is InChI=1S/C20H18N2O2S/c23-19(13-15-25-20-8-4-5-14-21-20)22-16-9-11-18(12-10-16)24-17-6-2-1-3-7-17/h1-12,14H,13,15H2,(H,22,23). The first-order valence-corrected chi connectivity index (χ1v) is 8.95. The number of nitrogens with one attached hydrogen (secondary N) is 1. The van der Waals surface area contributed by atoms with Gasteiger partial charge in [-0.15, -0.1) is 11.8 Å². The molecule has 0 fully saturated rings. The summed E-state index contributed by atoms with van der Waals surface area (Å²) in [7, 11) is 0. The molecule has 25 heavy (non-hydrogen) atoms. The maximum atomic E-state index is 12.0. The van der Waals surface area contributed by atoms with Crippen molar-refractivity contribution >= 4 is 23.4 Å². The molecule has 0 unspecified atom stereocenters. The Balaban J connectivity index is 1.45. The van der Waals surface area contributed by atoms with Crippen LogP contribution in [0, 0.1) is 0 Å². The first-order valence-electron chi connectivity index (χ1n) is 7.96. The number of pyridine rings is 1. The van der Waals surface area contributed by atoms with Gasteiger partial charge in [-0.1, -0.05) is 24.3 Å². The average Bonchev–Trinajstić information content (AvgIpc) is 2.65. The van der Waals surface area contributed by atoms with Crippen LogP contribution in [0.25, 0.3) is 0 Å². The number of nitrogens with zero attached hydrogens (tertiary/aromatic N) is 1. The van der Waals surface area contributed by atoms with E-state index in [9.17, 15) is 4.79 Å². The lowest BCUT2D eigenvalue weighted by Crippen LogP contribution is -2.12. The number of amides is 1. The van der Waals surface area contributed by atoms with Crippen LogP contribution in [0.4, 0.5) is 5.69 Å². The van der Waals surface area contributed by atoms with Gasteiger partial charge in [-0.3, -0.25) is 4.79 Å². The molecule has 1 aromatic heterocycles. The molecule has 2 aromatic carbocycles. The summed E-state index contributed by atoms with van der Waals surface area (Å²) >= 11 is 1.57. The SMILES string of the molecule is O=C(CCSc1ccccn1)Nc1ccc(Oc2ccccc2)cc1. The van der Waals surface area contributed by atoms with Crippen molar-refractivity contribution in [1.29, 1.82) is 0 Å². The molecule has 1 heterocycles. The van der Waals surface area contributed by atoms with Crippen molar-refractivity contribution < 1.29 is 9.53 Å². The Hall–Kier alpha value is -2.79. The number of anilines is 1. The van der Waals surface area contributed by atoms with Gasteiger partial charge in [0.2, 0.25) is 5.91 Å². The van der Waals surface area contributed by atoms with E-state index in [0.29, 0.717) is 12.2 Å². The number of thioether (sulfide) groups is 1. The van der Waals surface area contributed by atoms with E-state index < -0.39 is 0 Å². The fourth-order valence-electron chi connectivity index (χ4n) is 2.14. The van der Waals surface area contributed by atoms with Gasteiger partial charge in [0.25, 0.3) is 0 Å². The number of aromatic nitrogens is 1. The van der Waals surface area contributed by atoms with E-state index in [1.165, 1.54) is 0 Å². The van der Waals surface area contributed by atoms with Gasteiger partial charge in [-0.25, -0.2) is 4.98 Å². The first-order chi connectivity index (χ1) is 12.3. The maximum Gasteiger partial charge on any atom is 0.225 e. The zero-order chi connectivity index (χ0) is 17.3. The second kappa shape index (κ2) is 8.89. The predicted molar refractivity (Wildman–Crippen MR) is 101 cm³/mol. The normalized spacial score (nSPS) is 10.2. The number of hydrogen-bond donors (Lipinski definition) is 1. The van der Waals surface area contributed by atoms with Gasteiger partial charge in [0.15, 0.2) is 0 Å². The lowest BCUT2D eigenvalue weighted by atomic mass is 10.3. The van der Waals surface area contributed by atoms with Gasteiger partial charge in [0.05, 0.1) is 5.03 Å². The first kappa shape index (κ1) is 17.0. The molecule has 0 radical (unpaired) electrons. The average molecular weight is 350 g/mol. The Kier molecular flexibility index (Phi) is 6.06. The fraction of sp³-hybridized carbons (Fsp3) is 0.100. The van der Waals surface area contributed by atoms with Gasteiger partial charge in [-0.2, -0.15) is 0 Å². The van der Waals surface area contributed by atoms with E-state index in [4.69, 9.17) is 4.74 Å². The lowest BCUT2D eigenvalue weighted by Gasteiger charge is -2.08. The monoisotopic (exact) mass is 350 g/mol. The molecular formula is C20H18N2O2S. The largest absolute Gasteiger partial charge is 0.457 e. The number of para-hydroxylation sites is 1. The second-order valence-electron chi connectivity index (χ2n) is 5.25. The molecule has 126 valence electrons. The van der Waals surface area contributed by atoms with Gasteiger partial charge < -0.3 is 10.1 Å². The van der Waals surface area contributed by atoms with Crippen molar-refractivity contribution in [2.24, 2.45) is 0 Å². The number of ether oxygens (including phenoxy) is 1. The second-order valence-corrected chi connectivity index (χ2v) is 6.37. The molecule has 0 bridgehead atoms. The van der Waals surface area contributed by atoms with Crippen molar-refractivity contribution in [2.75, 3.05) is 11.1 Å². The Morgan fingerprint density at radius 2 is 1.64 bits per heavy atom. The number of carbonyl (C=O) groups is 1. The molecule has 0 aliphatic carbocycles. The van der Waals surface area contributed by atoms with E-state index in [-0.39, 0.29) is 5.91 Å². The lowest BCUT2D eigenvalue weighted by molar-refractivity contribution is -0.115. The van der Waals surface area contributed by atoms with Crippen molar-refractivity contribution in [3.8, 4) is 11.5 Å². The van der Waals surface area contributed by atoms with Crippen molar-refractivity contribution in [3.63, 3.8) is 0 Å². The minimum atomic E-state index is -0.0137. The van der Waals surface area contributed by atoms with Gasteiger partial charge in [-0.05, 0) is 48.5 Å². The third-order valence-corrected chi connectivity index (χ3v) is 4.28. The molecule has 0 aliphatic heterocycles. The molecule has 0 saturated heterocycles. The van der Waals surface area contributed by atoms with Gasteiger partial charge >= 0.3 is 0 Å². The number of rotatable bonds is 7. The molecule has 0 aliphatic rings. The molecule has 3 aromatic rings. The number of hydrogen-bond acceptors (Lipinski definition) is 4. The Morgan fingerprint density at radius 3 is 2.36 bits per heavy atom. The highest BCUT2D eigenvalue weighted by Crippen LogP contribution is 2.23. The molecule has 0 atom stereocenters. The van der Waals surface area contributed by atoms with E-state index in [1.807, 2.05) is 72.8 Å². The zero-order valence-electron chi connectivity index (χ0n) is 13.6. The summed E-state index contributed by atoms with van der Waals surface area (Å²) in [5, 5.41) is 3.82. The highest BCUT2D eigenvalue weighted by Gasteiger charge is 2.04. The third kappa shape index (κ3) is 5.65. The highest BCUT2D eigenvalue weighted by atomic mass is 32.2. The Bertz CT molecular complexity index is 793. The summed E-state index contributed by atoms with van der Waals surface area (Å²) in [6.45, 7) is 0. The summed E-state index contributed by atoms with van der Waals surface area (Å²) in [6.07, 6.45) is 2.19. The molecule has 0 saturated carbocycles. The maximum absolute atomic E-state index is 12.0. The van der Waals surface area contributed by atoms with Gasteiger partial charge in [0, 0.05) is 24.1 Å². The summed E-state index contributed by atoms with van der Waals surface area (Å²) in [5.41, 5.74) is 0.758. The van der Waals surface area contributed by atoms with Crippen LogP contribution in [0.2, 0.25) is 0 Å². The molecule has 4 nitrogen and oxygen atoms in total. The topological polar surface area (TPSA) is 51.2 Å². The van der Waals surface area contributed by atoms with E-state index >= 15 is 0 Å². The highest BCUT2D eigenvalue weighted by molar-refractivity contribution is 7.99. The van der Waals surface area contributed by atoms with Crippen LogP contribution in [0.1, 0.15) is 6.42 Å². The van der Waals surface area contributed by atoms with E-state index in [2.05, 4.69) is 10.3 Å². The van der Waals surface area contributed by atoms with Crippen molar-refractivity contribution in [2.45, 2.75) is 11.4 Å². The molecule has 1 amide bonds. The van der Waals surface area contributed by atoms with E-state index in [0.717, 1.165) is 22.2 Å². The van der Waals surface area contributed by atoms with Crippen molar-refractivity contribution in [1.82, 2.24) is 4.98 Å². The molecular weight excluding hydrogens is 332 g/mol. The smallest absolute Gasteiger partial charge is 0.225 e. The third-order valence-electron chi connectivity index (χ3n) is 3.33. The summed E-state index contributed by atoms with van der Waals surface area (Å²) in [6, 6.07) is 22.7. The van der Waals surface area contributed by atoms with E-state index in [1.54, 1.807) is 18.0 Å². The van der Waals surface area contributed by atoms with Crippen molar-refractivity contribution in [3.05, 3.63) is 79.0 Å². The summed E-state index contributed by atoms with van der Waals surface area (Å²) in [5.74, 6) is 2.19. The van der Waals surface area contributed by atoms with Crippen LogP contribution in [0.3, 0.4) is 0 Å². The minimum Gasteiger partial charge on any atom is -0.457 e. The Labute approximate surface area is 151 Å². The van der Waals surface area contributed by atoms with Gasteiger partial charge in [0.1, 0.15) is 11.5 Å². The molecule has 3 rings (SSSR count). The van der Waals surface area contributed by atoms with Crippen LogP contribution in [0.15, 0.2) is 84.0 Å². The molecule has 1 N–H and O–H groups in total. The zero-order valence-corrected chi connectivity index (χ0v) is 14.4. The quantitative estimate of drug-likeness (QED) is 0.610. The number of carbonyl (C=O) groups excluding carboxylic acids is 1. The van der Waals surface area contributed by atoms with Crippen LogP contribution in [-0.2, 0) is 4.79 Å². The van der Waals surface area contributed by atoms with Crippen LogP contribution >= 0.6 is 11.8 Å². The molecule has 0 spiro atoms. The van der Waals surface area contributed by atoms with Crippen LogP contribution < -0.4 is 10.1 Å². The minimum absolute atomic E-state index is 0.0137.